The van der Waals surface area contributed by atoms with Crippen molar-refractivity contribution in [2.75, 3.05) is 12.4 Å². The second-order valence-electron chi connectivity index (χ2n) is 6.15. The molecule has 5 nitrogen and oxygen atoms in total. The normalized spacial score (nSPS) is 11.8. The maximum Gasteiger partial charge on any atom is 0.255 e. The molecule has 0 aromatic heterocycles. The van der Waals surface area contributed by atoms with Gasteiger partial charge in [-0.3, -0.25) is 4.79 Å². The molecule has 6 heteroatoms. The molecule has 2 aromatic carbocycles. The minimum atomic E-state index is -3.62. The topological polar surface area (TPSA) is 66.5 Å². The van der Waals surface area contributed by atoms with E-state index < -0.39 is 10.0 Å². The predicted octanol–water partition coefficient (Wildman–Crippen LogP) is 3.53. The molecular formula is C19H24N2O3S. The zero-order chi connectivity index (χ0) is 18.6. The van der Waals surface area contributed by atoms with Crippen molar-refractivity contribution in [3.63, 3.8) is 0 Å². The molecule has 134 valence electrons. The highest BCUT2D eigenvalue weighted by atomic mass is 32.2. The summed E-state index contributed by atoms with van der Waals surface area (Å²) in [6, 6.07) is 13.5. The zero-order valence-corrected chi connectivity index (χ0v) is 15.8. The van der Waals surface area contributed by atoms with Gasteiger partial charge in [-0.2, -0.15) is 4.31 Å². The molecule has 0 aliphatic carbocycles. The average molecular weight is 360 g/mol. The average Bonchev–Trinajstić information content (AvgIpc) is 2.61. The quantitative estimate of drug-likeness (QED) is 0.857. The van der Waals surface area contributed by atoms with Crippen LogP contribution < -0.4 is 5.32 Å². The number of anilines is 1. The largest absolute Gasteiger partial charge is 0.322 e. The number of amides is 1. The number of nitrogens with zero attached hydrogens (tertiary/aromatic N) is 1. The van der Waals surface area contributed by atoms with Crippen molar-refractivity contribution >= 4 is 21.6 Å². The third-order valence-electron chi connectivity index (χ3n) is 4.12. The van der Waals surface area contributed by atoms with Crippen molar-refractivity contribution in [3.8, 4) is 0 Å². The SMILES string of the molecule is CCc1ccc(NC(=O)c2cccc(S(=O)(=O)N(C)C(C)C)c2)cc1. The van der Waals surface area contributed by atoms with E-state index in [2.05, 4.69) is 12.2 Å². The summed E-state index contributed by atoms with van der Waals surface area (Å²) in [5.74, 6) is -0.339. The third-order valence-corrected chi connectivity index (χ3v) is 6.15. The summed E-state index contributed by atoms with van der Waals surface area (Å²) < 4.78 is 26.4. The van der Waals surface area contributed by atoms with Gasteiger partial charge in [0.15, 0.2) is 0 Å². The van der Waals surface area contributed by atoms with Gasteiger partial charge in [0.2, 0.25) is 10.0 Å². The van der Waals surface area contributed by atoms with Crippen LogP contribution in [0, 0.1) is 0 Å². The lowest BCUT2D eigenvalue weighted by Gasteiger charge is -2.21. The van der Waals surface area contributed by atoms with Crippen LogP contribution in [0.1, 0.15) is 36.7 Å². The number of rotatable bonds is 6. The number of hydrogen-bond acceptors (Lipinski definition) is 3. The van der Waals surface area contributed by atoms with E-state index in [1.807, 2.05) is 24.3 Å². The Kier molecular flexibility index (Phi) is 5.98. The fourth-order valence-corrected chi connectivity index (χ4v) is 3.68. The highest BCUT2D eigenvalue weighted by molar-refractivity contribution is 7.89. The van der Waals surface area contributed by atoms with Crippen LogP contribution in [0.3, 0.4) is 0 Å². The Morgan fingerprint density at radius 3 is 2.32 bits per heavy atom. The van der Waals surface area contributed by atoms with E-state index in [0.29, 0.717) is 11.3 Å². The van der Waals surface area contributed by atoms with Gasteiger partial charge < -0.3 is 5.32 Å². The molecule has 0 spiro atoms. The third kappa shape index (κ3) is 4.46. The van der Waals surface area contributed by atoms with E-state index >= 15 is 0 Å². The Labute approximate surface area is 149 Å². The van der Waals surface area contributed by atoms with Gasteiger partial charge >= 0.3 is 0 Å². The first-order valence-corrected chi connectivity index (χ1v) is 9.68. The Bertz CT molecular complexity index is 843. The molecule has 0 saturated heterocycles. The predicted molar refractivity (Wildman–Crippen MR) is 100 cm³/mol. The van der Waals surface area contributed by atoms with Crippen LogP contribution in [0.15, 0.2) is 53.4 Å². The molecule has 2 aromatic rings. The number of nitrogens with one attached hydrogen (secondary N) is 1. The monoisotopic (exact) mass is 360 g/mol. The van der Waals surface area contributed by atoms with Crippen LogP contribution >= 0.6 is 0 Å². The van der Waals surface area contributed by atoms with Crippen LogP contribution in [-0.2, 0) is 16.4 Å². The van der Waals surface area contributed by atoms with Crippen LogP contribution in [0.2, 0.25) is 0 Å². The van der Waals surface area contributed by atoms with Crippen LogP contribution in [0.5, 0.6) is 0 Å². The number of sulfonamides is 1. The molecule has 0 bridgehead atoms. The number of hydrogen-bond donors (Lipinski definition) is 1. The minimum Gasteiger partial charge on any atom is -0.322 e. The van der Waals surface area contributed by atoms with Crippen LogP contribution in [0.4, 0.5) is 5.69 Å². The maximum absolute atomic E-state index is 12.6. The first kappa shape index (κ1) is 19.1. The number of benzene rings is 2. The summed E-state index contributed by atoms with van der Waals surface area (Å²) >= 11 is 0. The summed E-state index contributed by atoms with van der Waals surface area (Å²) in [5, 5.41) is 2.79. The Morgan fingerprint density at radius 2 is 1.76 bits per heavy atom. The lowest BCUT2D eigenvalue weighted by Crippen LogP contribution is -2.33. The van der Waals surface area contributed by atoms with Gasteiger partial charge in [0.1, 0.15) is 0 Å². The Balaban J connectivity index is 2.24. The van der Waals surface area contributed by atoms with Crippen molar-refractivity contribution in [2.24, 2.45) is 0 Å². The molecule has 0 fully saturated rings. The first-order valence-electron chi connectivity index (χ1n) is 8.24. The molecule has 0 aliphatic rings. The first-order chi connectivity index (χ1) is 11.8. The van der Waals surface area contributed by atoms with Crippen molar-refractivity contribution in [2.45, 2.75) is 38.1 Å². The fourth-order valence-electron chi connectivity index (χ4n) is 2.27. The molecule has 25 heavy (non-hydrogen) atoms. The molecule has 0 radical (unpaired) electrons. The number of carbonyl (C=O) groups is 1. The molecule has 0 heterocycles. The van der Waals surface area contributed by atoms with Gasteiger partial charge in [0.05, 0.1) is 4.90 Å². The second-order valence-corrected chi connectivity index (χ2v) is 8.14. The molecule has 2 rings (SSSR count). The fraction of sp³-hybridized carbons (Fsp3) is 0.316. The van der Waals surface area contributed by atoms with Crippen molar-refractivity contribution in [1.29, 1.82) is 0 Å². The highest BCUT2D eigenvalue weighted by Crippen LogP contribution is 2.19. The summed E-state index contributed by atoms with van der Waals surface area (Å²) in [4.78, 5) is 12.5. The number of carbonyl (C=O) groups excluding carboxylic acids is 1. The lowest BCUT2D eigenvalue weighted by atomic mass is 10.1. The summed E-state index contributed by atoms with van der Waals surface area (Å²) in [7, 11) is -2.09. The standard InChI is InChI=1S/C19H24N2O3S/c1-5-15-9-11-17(12-10-15)20-19(22)16-7-6-8-18(13-16)25(23,24)21(4)14(2)3/h6-14H,5H2,1-4H3,(H,20,22). The van der Waals surface area contributed by atoms with E-state index in [4.69, 9.17) is 0 Å². The van der Waals surface area contributed by atoms with E-state index in [1.165, 1.54) is 29.0 Å². The summed E-state index contributed by atoms with van der Waals surface area (Å²) in [5.41, 5.74) is 2.16. The van der Waals surface area contributed by atoms with E-state index in [-0.39, 0.29) is 16.8 Å². The van der Waals surface area contributed by atoms with Gasteiger partial charge in [0, 0.05) is 24.3 Å². The molecule has 1 amide bonds. The van der Waals surface area contributed by atoms with Gasteiger partial charge in [-0.25, -0.2) is 8.42 Å². The molecule has 1 N–H and O–H groups in total. The summed E-state index contributed by atoms with van der Waals surface area (Å²) in [6.07, 6.45) is 0.928. The highest BCUT2D eigenvalue weighted by Gasteiger charge is 2.23. The van der Waals surface area contributed by atoms with Crippen molar-refractivity contribution in [3.05, 3.63) is 59.7 Å². The maximum atomic E-state index is 12.6. The van der Waals surface area contributed by atoms with Crippen molar-refractivity contribution in [1.82, 2.24) is 4.31 Å². The molecular weight excluding hydrogens is 336 g/mol. The number of aryl methyl sites for hydroxylation is 1. The van der Waals surface area contributed by atoms with Crippen LogP contribution in [-0.4, -0.2) is 31.7 Å². The van der Waals surface area contributed by atoms with Gasteiger partial charge in [-0.1, -0.05) is 25.1 Å². The molecule has 0 unspecified atom stereocenters. The van der Waals surface area contributed by atoms with Crippen LogP contribution in [0.25, 0.3) is 0 Å². The van der Waals surface area contributed by atoms with E-state index in [1.54, 1.807) is 26.0 Å². The van der Waals surface area contributed by atoms with E-state index in [9.17, 15) is 13.2 Å². The smallest absolute Gasteiger partial charge is 0.255 e. The zero-order valence-electron chi connectivity index (χ0n) is 15.0. The van der Waals surface area contributed by atoms with Gasteiger partial charge in [-0.15, -0.1) is 0 Å². The minimum absolute atomic E-state index is 0.109. The van der Waals surface area contributed by atoms with Gasteiger partial charge in [0.25, 0.3) is 5.91 Å². The molecule has 0 saturated carbocycles. The van der Waals surface area contributed by atoms with Crippen molar-refractivity contribution < 1.29 is 13.2 Å². The Hall–Kier alpha value is -2.18. The van der Waals surface area contributed by atoms with Gasteiger partial charge in [-0.05, 0) is 56.2 Å². The lowest BCUT2D eigenvalue weighted by molar-refractivity contribution is 0.102. The van der Waals surface area contributed by atoms with E-state index in [0.717, 1.165) is 6.42 Å². The summed E-state index contributed by atoms with van der Waals surface area (Å²) in [6.45, 7) is 5.66. The molecule has 0 atom stereocenters. The molecule has 0 aliphatic heterocycles. The Morgan fingerprint density at radius 1 is 1.12 bits per heavy atom. The second kappa shape index (κ2) is 7.80.